The monoisotopic (exact) mass is 330 g/mol. The summed E-state index contributed by atoms with van der Waals surface area (Å²) in [5.74, 6) is 0.409. The average molecular weight is 331 g/mol. The van der Waals surface area contributed by atoms with Gasteiger partial charge in [-0.3, -0.25) is 0 Å². The molecule has 0 unspecified atom stereocenters. The van der Waals surface area contributed by atoms with Gasteiger partial charge in [0.05, 0.1) is 18.0 Å². The Kier molecular flexibility index (Phi) is 12.5. The maximum Gasteiger partial charge on any atom is 0.0676 e. The molecule has 0 radical (unpaired) electrons. The highest BCUT2D eigenvalue weighted by atomic mass is 16.5. The molecule has 1 aromatic heterocycles. The van der Waals surface area contributed by atoms with Crippen molar-refractivity contribution in [2.45, 2.75) is 48.5 Å². The van der Waals surface area contributed by atoms with Crippen molar-refractivity contribution >= 4 is 5.70 Å². The number of allylic oxidation sites excluding steroid dienone is 7. The molecule has 0 amide bonds. The summed E-state index contributed by atoms with van der Waals surface area (Å²) in [7, 11) is 0. The molecular formula is C21H34N2O. The first-order valence-corrected chi connectivity index (χ1v) is 8.90. The van der Waals surface area contributed by atoms with Crippen LogP contribution in [0.3, 0.4) is 0 Å². The number of hydrogen-bond donors (Lipinski definition) is 0. The van der Waals surface area contributed by atoms with E-state index >= 15 is 0 Å². The van der Waals surface area contributed by atoms with Crippen LogP contribution in [0.4, 0.5) is 0 Å². The van der Waals surface area contributed by atoms with Crippen molar-refractivity contribution in [3.8, 4) is 0 Å². The van der Waals surface area contributed by atoms with Crippen molar-refractivity contribution in [3.05, 3.63) is 60.0 Å². The third kappa shape index (κ3) is 8.11. The van der Waals surface area contributed by atoms with Gasteiger partial charge in [-0.25, -0.2) is 4.68 Å². The Hall–Kier alpha value is -1.87. The Morgan fingerprint density at radius 3 is 2.46 bits per heavy atom. The Balaban J connectivity index is 0.00000254. The lowest BCUT2D eigenvalue weighted by Crippen LogP contribution is -2.03. The number of nitrogens with zero attached hydrogens (tertiary/aromatic N) is 2. The van der Waals surface area contributed by atoms with Gasteiger partial charge in [0.2, 0.25) is 0 Å². The zero-order valence-electron chi connectivity index (χ0n) is 16.4. The van der Waals surface area contributed by atoms with Gasteiger partial charge in [0, 0.05) is 12.8 Å². The van der Waals surface area contributed by atoms with E-state index in [4.69, 9.17) is 4.74 Å². The molecule has 0 atom stereocenters. The Morgan fingerprint density at radius 2 is 1.96 bits per heavy atom. The maximum atomic E-state index is 5.29. The predicted molar refractivity (Wildman–Crippen MR) is 106 cm³/mol. The van der Waals surface area contributed by atoms with Crippen molar-refractivity contribution in [1.29, 1.82) is 0 Å². The molecule has 0 aliphatic rings. The number of aryl methyl sites for hydroxylation is 1. The normalized spacial score (nSPS) is 13.0. The van der Waals surface area contributed by atoms with Crippen LogP contribution in [-0.2, 0) is 4.74 Å². The van der Waals surface area contributed by atoms with Crippen LogP contribution in [0.15, 0.2) is 54.3 Å². The molecule has 1 heterocycles. The van der Waals surface area contributed by atoms with E-state index in [1.165, 1.54) is 5.57 Å². The summed E-state index contributed by atoms with van der Waals surface area (Å²) in [6.45, 7) is 15.8. The standard InChI is InChI=1S/C19H28N2O.C2H6/c1-6-11-19(21-14-13-17(5)20-21)18(16(3)4)12-9-8-10-15-22-7-2;1-2/h6,8-14,16H,7,15H2,1-5H3;1-2H3/b10-8+,11-6-,12-9+,19-18-;. The van der Waals surface area contributed by atoms with Gasteiger partial charge >= 0.3 is 0 Å². The average Bonchev–Trinajstić information content (AvgIpc) is 3.00. The van der Waals surface area contributed by atoms with Crippen molar-refractivity contribution < 1.29 is 4.74 Å². The first-order valence-electron chi connectivity index (χ1n) is 8.90. The third-order valence-corrected chi connectivity index (χ3v) is 3.15. The van der Waals surface area contributed by atoms with Gasteiger partial charge in [0.25, 0.3) is 0 Å². The largest absolute Gasteiger partial charge is 0.378 e. The molecule has 134 valence electrons. The highest BCUT2D eigenvalue weighted by Crippen LogP contribution is 2.21. The van der Waals surface area contributed by atoms with Gasteiger partial charge < -0.3 is 4.74 Å². The smallest absolute Gasteiger partial charge is 0.0676 e. The fourth-order valence-corrected chi connectivity index (χ4v) is 2.06. The molecule has 0 aromatic carbocycles. The van der Waals surface area contributed by atoms with Gasteiger partial charge in [-0.1, -0.05) is 58.1 Å². The van der Waals surface area contributed by atoms with E-state index < -0.39 is 0 Å². The number of rotatable bonds is 8. The van der Waals surface area contributed by atoms with Crippen LogP contribution in [-0.4, -0.2) is 23.0 Å². The molecule has 0 spiro atoms. The lowest BCUT2D eigenvalue weighted by Gasteiger charge is -2.13. The highest BCUT2D eigenvalue weighted by molar-refractivity contribution is 5.64. The minimum atomic E-state index is 0.409. The van der Waals surface area contributed by atoms with Gasteiger partial charge in [0.1, 0.15) is 0 Å². The van der Waals surface area contributed by atoms with E-state index in [9.17, 15) is 0 Å². The maximum absolute atomic E-state index is 5.29. The Morgan fingerprint density at radius 1 is 1.25 bits per heavy atom. The van der Waals surface area contributed by atoms with Crippen molar-refractivity contribution in [1.82, 2.24) is 9.78 Å². The van der Waals surface area contributed by atoms with E-state index in [0.717, 1.165) is 18.0 Å². The molecule has 0 fully saturated rings. The second-order valence-electron chi connectivity index (χ2n) is 5.34. The summed E-state index contributed by atoms with van der Waals surface area (Å²) in [4.78, 5) is 0. The van der Waals surface area contributed by atoms with Crippen molar-refractivity contribution in [3.63, 3.8) is 0 Å². The summed E-state index contributed by atoms with van der Waals surface area (Å²) in [5, 5.41) is 4.54. The SMILES string of the molecule is CC.C\C=C/C(=C(\C=C\C=C\COCC)C(C)C)n1ccc(C)n1. The van der Waals surface area contributed by atoms with Gasteiger partial charge in [-0.05, 0) is 44.4 Å². The highest BCUT2D eigenvalue weighted by Gasteiger charge is 2.08. The van der Waals surface area contributed by atoms with Crippen LogP contribution in [0.5, 0.6) is 0 Å². The fourth-order valence-electron chi connectivity index (χ4n) is 2.06. The lowest BCUT2D eigenvalue weighted by atomic mass is 10.00. The summed E-state index contributed by atoms with van der Waals surface area (Å²) in [6.07, 6.45) is 14.4. The molecule has 3 heteroatoms. The molecule has 0 bridgehead atoms. The number of ether oxygens (including phenoxy) is 1. The quantitative estimate of drug-likeness (QED) is 0.444. The molecule has 1 rings (SSSR count). The second kappa shape index (κ2) is 13.6. The second-order valence-corrected chi connectivity index (χ2v) is 5.34. The third-order valence-electron chi connectivity index (χ3n) is 3.15. The predicted octanol–water partition coefficient (Wildman–Crippen LogP) is 5.81. The van der Waals surface area contributed by atoms with Crippen molar-refractivity contribution in [2.24, 2.45) is 5.92 Å². The van der Waals surface area contributed by atoms with Gasteiger partial charge in [-0.15, -0.1) is 0 Å². The Labute approximate surface area is 148 Å². The summed E-state index contributed by atoms with van der Waals surface area (Å²) in [6, 6.07) is 2.02. The summed E-state index contributed by atoms with van der Waals surface area (Å²) in [5.41, 5.74) is 3.38. The van der Waals surface area contributed by atoms with E-state index in [1.54, 1.807) is 0 Å². The fraction of sp³-hybridized carbons (Fsp3) is 0.476. The van der Waals surface area contributed by atoms with E-state index in [-0.39, 0.29) is 0 Å². The minimum absolute atomic E-state index is 0.409. The zero-order chi connectivity index (χ0) is 18.4. The molecule has 0 saturated heterocycles. The van der Waals surface area contributed by atoms with Crippen LogP contribution in [0.25, 0.3) is 5.70 Å². The minimum Gasteiger partial charge on any atom is -0.378 e. The van der Waals surface area contributed by atoms with Crippen molar-refractivity contribution in [2.75, 3.05) is 13.2 Å². The van der Waals surface area contributed by atoms with Crippen LogP contribution < -0.4 is 0 Å². The van der Waals surface area contributed by atoms with Gasteiger partial charge in [0.15, 0.2) is 0 Å². The molecule has 3 nitrogen and oxygen atoms in total. The van der Waals surface area contributed by atoms with Crippen LogP contribution in [0, 0.1) is 12.8 Å². The van der Waals surface area contributed by atoms with Crippen LogP contribution in [0.1, 0.15) is 47.2 Å². The first kappa shape index (κ1) is 22.1. The number of aromatic nitrogens is 2. The molecule has 1 aromatic rings. The number of hydrogen-bond acceptors (Lipinski definition) is 2. The van der Waals surface area contributed by atoms with Crippen LogP contribution >= 0.6 is 0 Å². The topological polar surface area (TPSA) is 27.1 Å². The molecule has 0 aliphatic carbocycles. The molecule has 24 heavy (non-hydrogen) atoms. The van der Waals surface area contributed by atoms with Crippen LogP contribution in [0.2, 0.25) is 0 Å². The molecule has 0 N–H and O–H groups in total. The lowest BCUT2D eigenvalue weighted by molar-refractivity contribution is 0.177. The van der Waals surface area contributed by atoms with E-state index in [1.807, 2.05) is 69.8 Å². The zero-order valence-corrected chi connectivity index (χ0v) is 16.4. The summed E-state index contributed by atoms with van der Waals surface area (Å²) >= 11 is 0. The molecule has 0 saturated carbocycles. The summed E-state index contributed by atoms with van der Waals surface area (Å²) < 4.78 is 7.23. The first-order chi connectivity index (χ1) is 11.6. The van der Waals surface area contributed by atoms with Gasteiger partial charge in [-0.2, -0.15) is 5.10 Å². The molecular weight excluding hydrogens is 296 g/mol. The van der Waals surface area contributed by atoms with E-state index in [0.29, 0.717) is 12.5 Å². The molecule has 0 aliphatic heterocycles. The Bertz CT molecular complexity index is 560. The van der Waals surface area contributed by atoms with E-state index in [2.05, 4.69) is 37.2 Å².